The molecule has 8 nitrogen and oxygen atoms in total. The van der Waals surface area contributed by atoms with Gasteiger partial charge in [0.05, 0.1) is 37.2 Å². The highest BCUT2D eigenvalue weighted by Gasteiger charge is 2.75. The maximum atomic E-state index is 14.4. The number of esters is 1. The number of aliphatic hydroxyl groups excluding tert-OH is 1. The van der Waals surface area contributed by atoms with Crippen molar-refractivity contribution in [1.82, 2.24) is 9.80 Å². The summed E-state index contributed by atoms with van der Waals surface area (Å²) in [4.78, 5) is 45.1. The highest BCUT2D eigenvalue weighted by atomic mass is 16.6. The molecule has 0 saturated carbocycles. The number of carbonyl (C=O) groups is 3. The van der Waals surface area contributed by atoms with Crippen molar-refractivity contribution in [2.45, 2.75) is 102 Å². The standard InChI is InChI=1S/C29H46N2O6/c1-7-10-11-16-36-28(35)23-22-13-14-29(37-22)24(23)26(33)31(21(18-32)17-19(4)5)25(29)27(34)30(15-9-3)20(6)12-8-2/h7,9,19-25,32H,1,3,8,10-18H2,2,4-6H3/t20?,21-,22+,23-,24+,25?,29?/m1/s1. The van der Waals surface area contributed by atoms with Crippen molar-refractivity contribution in [1.29, 1.82) is 0 Å². The van der Waals surface area contributed by atoms with Gasteiger partial charge in [-0.15, -0.1) is 13.2 Å². The number of amides is 2. The summed E-state index contributed by atoms with van der Waals surface area (Å²) in [5.41, 5.74) is -1.10. The summed E-state index contributed by atoms with van der Waals surface area (Å²) >= 11 is 0. The Hall–Kier alpha value is -2.19. The van der Waals surface area contributed by atoms with E-state index in [1.165, 1.54) is 0 Å². The molecule has 0 radical (unpaired) electrons. The lowest BCUT2D eigenvalue weighted by molar-refractivity contribution is -0.157. The highest BCUT2D eigenvalue weighted by molar-refractivity contribution is 5.98. The van der Waals surface area contributed by atoms with Gasteiger partial charge >= 0.3 is 5.97 Å². The lowest BCUT2D eigenvalue weighted by Gasteiger charge is -2.41. The molecule has 0 aromatic rings. The SMILES string of the molecule is C=CCCCOC(=O)[C@@H]1[C@@H]2CCC3(O2)C(C(=O)N(CC=C)C(C)CCC)N([C@@H](CO)CC(C)C)C(=O)[C@H]13. The van der Waals surface area contributed by atoms with Gasteiger partial charge < -0.3 is 24.4 Å². The molecule has 8 heteroatoms. The summed E-state index contributed by atoms with van der Waals surface area (Å²) in [5.74, 6) is -2.25. The van der Waals surface area contributed by atoms with E-state index in [1.807, 2.05) is 20.8 Å². The second kappa shape index (κ2) is 12.6. The Morgan fingerprint density at radius 3 is 2.62 bits per heavy atom. The zero-order valence-electron chi connectivity index (χ0n) is 23.1. The zero-order chi connectivity index (χ0) is 27.3. The van der Waals surface area contributed by atoms with Crippen LogP contribution in [0.3, 0.4) is 0 Å². The van der Waals surface area contributed by atoms with Gasteiger partial charge in [0.1, 0.15) is 11.6 Å². The average molecular weight is 519 g/mol. The van der Waals surface area contributed by atoms with Gasteiger partial charge in [0.25, 0.3) is 0 Å². The Morgan fingerprint density at radius 2 is 2.03 bits per heavy atom. The van der Waals surface area contributed by atoms with E-state index in [0.29, 0.717) is 32.2 Å². The number of unbranched alkanes of at least 4 members (excludes halogenated alkanes) is 1. The highest BCUT2D eigenvalue weighted by Crippen LogP contribution is 2.59. The fourth-order valence-electron chi connectivity index (χ4n) is 6.71. The third-order valence-corrected chi connectivity index (χ3v) is 8.24. The molecular weight excluding hydrogens is 472 g/mol. The average Bonchev–Trinajstić information content (AvgIpc) is 3.50. The number of hydrogen-bond donors (Lipinski definition) is 1. The Morgan fingerprint density at radius 1 is 1.30 bits per heavy atom. The molecule has 3 aliphatic heterocycles. The summed E-state index contributed by atoms with van der Waals surface area (Å²) in [6.45, 7) is 16.0. The van der Waals surface area contributed by atoms with E-state index in [4.69, 9.17) is 9.47 Å². The second-order valence-corrected chi connectivity index (χ2v) is 11.3. The van der Waals surface area contributed by atoms with Crippen LogP contribution in [0.2, 0.25) is 0 Å². The van der Waals surface area contributed by atoms with E-state index < -0.39 is 41.6 Å². The van der Waals surface area contributed by atoms with E-state index in [2.05, 4.69) is 20.1 Å². The Labute approximate surface area is 222 Å². The Bertz CT molecular complexity index is 859. The van der Waals surface area contributed by atoms with Crippen LogP contribution in [0.5, 0.6) is 0 Å². The first-order valence-corrected chi connectivity index (χ1v) is 14.0. The van der Waals surface area contributed by atoms with Gasteiger partial charge in [-0.3, -0.25) is 14.4 Å². The molecule has 2 amide bonds. The lowest BCUT2D eigenvalue weighted by Crippen LogP contribution is -2.60. The third-order valence-electron chi connectivity index (χ3n) is 8.24. The van der Waals surface area contributed by atoms with Crippen molar-refractivity contribution in [2.24, 2.45) is 17.8 Å². The number of rotatable bonds is 15. The molecule has 208 valence electrons. The number of allylic oxidation sites excluding steroid dienone is 1. The minimum Gasteiger partial charge on any atom is -0.465 e. The smallest absolute Gasteiger partial charge is 0.312 e. The minimum absolute atomic E-state index is 0.0511. The molecule has 3 fully saturated rings. The van der Waals surface area contributed by atoms with E-state index >= 15 is 0 Å². The third kappa shape index (κ3) is 5.51. The summed E-state index contributed by atoms with van der Waals surface area (Å²) < 4.78 is 12.1. The molecule has 2 bridgehead atoms. The fraction of sp³-hybridized carbons (Fsp3) is 0.759. The van der Waals surface area contributed by atoms with Crippen LogP contribution in [0.15, 0.2) is 25.3 Å². The van der Waals surface area contributed by atoms with Crippen molar-refractivity contribution in [2.75, 3.05) is 19.8 Å². The summed E-state index contributed by atoms with van der Waals surface area (Å²) in [7, 11) is 0. The van der Waals surface area contributed by atoms with Crippen LogP contribution < -0.4 is 0 Å². The largest absolute Gasteiger partial charge is 0.465 e. The topological polar surface area (TPSA) is 96.4 Å². The van der Waals surface area contributed by atoms with Crippen molar-refractivity contribution in [3.05, 3.63) is 25.3 Å². The Balaban J connectivity index is 2.02. The molecule has 3 rings (SSSR count). The number of nitrogens with zero attached hydrogens (tertiary/aromatic N) is 2. The summed E-state index contributed by atoms with van der Waals surface area (Å²) in [6.07, 6.45) is 7.80. The lowest BCUT2D eigenvalue weighted by atomic mass is 9.70. The van der Waals surface area contributed by atoms with Gasteiger partial charge in [-0.2, -0.15) is 0 Å². The van der Waals surface area contributed by atoms with E-state index in [-0.39, 0.29) is 37.0 Å². The number of ether oxygens (including phenoxy) is 2. The Kier molecular flexibility index (Phi) is 9.98. The van der Waals surface area contributed by atoms with Crippen molar-refractivity contribution in [3.63, 3.8) is 0 Å². The quantitative estimate of drug-likeness (QED) is 0.203. The molecule has 0 aromatic carbocycles. The molecule has 3 saturated heterocycles. The maximum absolute atomic E-state index is 14.4. The fourth-order valence-corrected chi connectivity index (χ4v) is 6.71. The number of aliphatic hydroxyl groups is 1. The monoisotopic (exact) mass is 518 g/mol. The molecule has 3 aliphatic rings. The van der Waals surface area contributed by atoms with Gasteiger partial charge in [0.2, 0.25) is 11.8 Å². The van der Waals surface area contributed by atoms with Crippen LogP contribution in [0.25, 0.3) is 0 Å². The summed E-state index contributed by atoms with van der Waals surface area (Å²) in [5, 5.41) is 10.4. The zero-order valence-corrected chi connectivity index (χ0v) is 23.1. The van der Waals surface area contributed by atoms with Gasteiger partial charge in [0.15, 0.2) is 0 Å². The van der Waals surface area contributed by atoms with Crippen LogP contribution in [0.1, 0.15) is 72.6 Å². The van der Waals surface area contributed by atoms with E-state index in [0.717, 1.165) is 19.3 Å². The molecule has 1 N–H and O–H groups in total. The number of likely N-dealkylation sites (tertiary alicyclic amines) is 1. The van der Waals surface area contributed by atoms with Crippen LogP contribution in [-0.2, 0) is 23.9 Å². The first-order chi connectivity index (χ1) is 17.7. The van der Waals surface area contributed by atoms with E-state index in [1.54, 1.807) is 22.0 Å². The van der Waals surface area contributed by atoms with Crippen LogP contribution in [0.4, 0.5) is 0 Å². The van der Waals surface area contributed by atoms with E-state index in [9.17, 15) is 19.5 Å². The molecule has 3 unspecified atom stereocenters. The number of fused-ring (bicyclic) bond motifs is 1. The molecule has 3 heterocycles. The van der Waals surface area contributed by atoms with Gasteiger partial charge in [-0.1, -0.05) is 39.3 Å². The second-order valence-electron chi connectivity index (χ2n) is 11.3. The normalized spacial score (nSPS) is 29.8. The maximum Gasteiger partial charge on any atom is 0.312 e. The molecule has 1 spiro atoms. The summed E-state index contributed by atoms with van der Waals surface area (Å²) in [6, 6.07) is -1.49. The predicted octanol–water partition coefficient (Wildman–Crippen LogP) is 3.48. The first-order valence-electron chi connectivity index (χ1n) is 14.0. The molecule has 0 aromatic heterocycles. The predicted molar refractivity (Wildman–Crippen MR) is 141 cm³/mol. The molecule has 7 atom stereocenters. The number of carbonyl (C=O) groups excluding carboxylic acids is 3. The van der Waals surface area contributed by atoms with Crippen molar-refractivity contribution >= 4 is 17.8 Å². The van der Waals surface area contributed by atoms with Crippen LogP contribution in [0, 0.1) is 17.8 Å². The van der Waals surface area contributed by atoms with Gasteiger partial charge in [-0.05, 0) is 51.4 Å². The van der Waals surface area contributed by atoms with Crippen LogP contribution >= 0.6 is 0 Å². The first kappa shape index (κ1) is 29.4. The molecule has 37 heavy (non-hydrogen) atoms. The van der Waals surface area contributed by atoms with Crippen molar-refractivity contribution in [3.8, 4) is 0 Å². The minimum atomic E-state index is -1.10. The van der Waals surface area contributed by atoms with Crippen molar-refractivity contribution < 1.29 is 29.0 Å². The number of hydrogen-bond acceptors (Lipinski definition) is 6. The molecular formula is C29H46N2O6. The van der Waals surface area contributed by atoms with Gasteiger partial charge in [-0.25, -0.2) is 0 Å². The van der Waals surface area contributed by atoms with Gasteiger partial charge in [0, 0.05) is 12.6 Å². The van der Waals surface area contributed by atoms with Crippen LogP contribution in [-0.4, -0.2) is 82.3 Å². The molecule has 0 aliphatic carbocycles.